The molecule has 0 amide bonds. The van der Waals surface area contributed by atoms with Crippen LogP contribution in [0.4, 0.5) is 0 Å². The number of aryl methyl sites for hydroxylation is 3. The highest BCUT2D eigenvalue weighted by molar-refractivity contribution is 6.14. The summed E-state index contributed by atoms with van der Waals surface area (Å²) < 4.78 is 0. The van der Waals surface area contributed by atoms with Crippen LogP contribution in [-0.4, -0.2) is 24.9 Å². The third kappa shape index (κ3) is 6.23. The summed E-state index contributed by atoms with van der Waals surface area (Å²) in [4.78, 5) is 25.2. The van der Waals surface area contributed by atoms with Gasteiger partial charge in [0.25, 0.3) is 0 Å². The van der Waals surface area contributed by atoms with Gasteiger partial charge >= 0.3 is 0 Å². The van der Waals surface area contributed by atoms with Gasteiger partial charge in [-0.05, 0) is 108 Å². The molecule has 0 saturated heterocycles. The molecule has 3 heterocycles. The van der Waals surface area contributed by atoms with Gasteiger partial charge in [0.2, 0.25) is 0 Å². The SMILES string of the molecule is Cc1cc(C)nc(-c2ccc(-c3cc(-c4nc(-c5ccccc5)nc(-c5ccccc5)n4)cc(-c4cc5ccccc5c5ccccc45)c3)nc2C)c1. The normalized spacial score (nSPS) is 11.3. The van der Waals surface area contributed by atoms with Gasteiger partial charge in [0.05, 0.1) is 11.4 Å². The molecule has 3 aromatic heterocycles. The van der Waals surface area contributed by atoms with Gasteiger partial charge in [-0.1, -0.05) is 109 Å². The van der Waals surface area contributed by atoms with Crippen molar-refractivity contribution < 1.29 is 0 Å². The lowest BCUT2D eigenvalue weighted by molar-refractivity contribution is 1.07. The summed E-state index contributed by atoms with van der Waals surface area (Å²) in [6.07, 6.45) is 0. The van der Waals surface area contributed by atoms with Gasteiger partial charge in [-0.2, -0.15) is 0 Å². The number of hydrogen-bond donors (Lipinski definition) is 0. The topological polar surface area (TPSA) is 64.5 Å². The third-order valence-electron chi connectivity index (χ3n) is 9.72. The van der Waals surface area contributed by atoms with Crippen LogP contribution < -0.4 is 0 Å². The number of aromatic nitrogens is 5. The maximum Gasteiger partial charge on any atom is 0.164 e. The Bertz CT molecular complexity index is 2730. The van der Waals surface area contributed by atoms with Crippen molar-refractivity contribution in [1.82, 2.24) is 24.9 Å². The Morgan fingerprint density at radius 2 is 0.906 bits per heavy atom. The summed E-state index contributed by atoms with van der Waals surface area (Å²) in [5, 5.41) is 4.81. The molecule has 53 heavy (non-hydrogen) atoms. The minimum atomic E-state index is 0.596. The Balaban J connectivity index is 1.29. The largest absolute Gasteiger partial charge is 0.253 e. The van der Waals surface area contributed by atoms with Gasteiger partial charge in [-0.15, -0.1) is 0 Å². The van der Waals surface area contributed by atoms with Gasteiger partial charge in [0.1, 0.15) is 0 Å². The van der Waals surface area contributed by atoms with Crippen LogP contribution in [0.2, 0.25) is 0 Å². The number of hydrogen-bond acceptors (Lipinski definition) is 5. The second-order valence-electron chi connectivity index (χ2n) is 13.5. The smallest absolute Gasteiger partial charge is 0.164 e. The molecule has 0 bridgehead atoms. The zero-order valence-corrected chi connectivity index (χ0v) is 29.7. The predicted molar refractivity (Wildman–Crippen MR) is 217 cm³/mol. The first kappa shape index (κ1) is 32.1. The molecule has 5 heteroatoms. The quantitative estimate of drug-likeness (QED) is 0.163. The number of rotatable bonds is 6. The van der Waals surface area contributed by atoms with E-state index in [2.05, 4.69) is 111 Å². The zero-order valence-electron chi connectivity index (χ0n) is 29.7. The van der Waals surface area contributed by atoms with Crippen molar-refractivity contribution in [2.75, 3.05) is 0 Å². The van der Waals surface area contributed by atoms with Crippen LogP contribution in [0.1, 0.15) is 17.0 Å². The summed E-state index contributed by atoms with van der Waals surface area (Å²) in [6.45, 7) is 6.20. The van der Waals surface area contributed by atoms with Gasteiger partial charge in [-0.3, -0.25) is 9.97 Å². The van der Waals surface area contributed by atoms with Crippen molar-refractivity contribution in [3.63, 3.8) is 0 Å². The van der Waals surface area contributed by atoms with E-state index in [0.29, 0.717) is 17.5 Å². The molecule has 0 aliphatic heterocycles. The average Bonchev–Trinajstić information content (AvgIpc) is 3.20. The first-order valence-electron chi connectivity index (χ1n) is 17.8. The predicted octanol–water partition coefficient (Wildman–Crippen LogP) is 11.9. The Kier molecular flexibility index (Phi) is 8.09. The molecule has 0 radical (unpaired) electrons. The fraction of sp³-hybridized carbons (Fsp3) is 0.0625. The lowest BCUT2D eigenvalue weighted by Crippen LogP contribution is -2.01. The van der Waals surface area contributed by atoms with Crippen molar-refractivity contribution in [2.45, 2.75) is 20.8 Å². The summed E-state index contributed by atoms with van der Waals surface area (Å²) in [5.74, 6) is 1.84. The molecule has 0 aliphatic carbocycles. The molecule has 0 fully saturated rings. The molecular weight excluding hydrogens is 647 g/mol. The highest BCUT2D eigenvalue weighted by atomic mass is 15.0. The van der Waals surface area contributed by atoms with Crippen LogP contribution >= 0.6 is 0 Å². The molecule has 0 saturated carbocycles. The fourth-order valence-corrected chi connectivity index (χ4v) is 7.26. The van der Waals surface area contributed by atoms with Crippen LogP contribution in [0.25, 0.3) is 89.4 Å². The highest BCUT2D eigenvalue weighted by Gasteiger charge is 2.17. The molecule has 0 spiro atoms. The standard InChI is InChI=1S/C48H35N5/c1-30-24-31(2)49-45(25-30)39-22-23-44(50-32(39)3)37-26-36(43-29-35-18-10-11-19-40(35)41-20-12-13-21-42(41)43)27-38(28-37)48-52-46(33-14-6-4-7-15-33)51-47(53-48)34-16-8-5-9-17-34/h4-29H,1-3H3. The van der Waals surface area contributed by atoms with Gasteiger partial charge in [-0.25, -0.2) is 15.0 Å². The maximum atomic E-state index is 5.20. The van der Waals surface area contributed by atoms with Crippen LogP contribution in [0.15, 0.2) is 158 Å². The Hall–Kier alpha value is -6.85. The third-order valence-corrected chi connectivity index (χ3v) is 9.72. The van der Waals surface area contributed by atoms with E-state index in [1.807, 2.05) is 67.6 Å². The van der Waals surface area contributed by atoms with E-state index in [1.54, 1.807) is 0 Å². The highest BCUT2D eigenvalue weighted by Crippen LogP contribution is 2.39. The number of pyridine rings is 2. The van der Waals surface area contributed by atoms with Crippen molar-refractivity contribution in [3.8, 4) is 67.8 Å². The fourth-order valence-electron chi connectivity index (χ4n) is 7.26. The van der Waals surface area contributed by atoms with E-state index in [4.69, 9.17) is 24.9 Å². The van der Waals surface area contributed by atoms with Crippen LogP contribution in [0, 0.1) is 20.8 Å². The molecule has 0 atom stereocenters. The number of fused-ring (bicyclic) bond motifs is 3. The van der Waals surface area contributed by atoms with E-state index in [1.165, 1.54) is 27.1 Å². The average molecular weight is 682 g/mol. The second kappa shape index (κ2) is 13.4. The van der Waals surface area contributed by atoms with Crippen LogP contribution in [0.3, 0.4) is 0 Å². The summed E-state index contributed by atoms with van der Waals surface area (Å²) in [5.41, 5.74) is 11.8. The van der Waals surface area contributed by atoms with Crippen LogP contribution in [-0.2, 0) is 0 Å². The van der Waals surface area contributed by atoms with Gasteiger partial charge in [0, 0.05) is 39.2 Å². The molecule has 9 rings (SSSR count). The summed E-state index contributed by atoms with van der Waals surface area (Å²) in [7, 11) is 0. The monoisotopic (exact) mass is 681 g/mol. The van der Waals surface area contributed by atoms with E-state index in [-0.39, 0.29) is 0 Å². The van der Waals surface area contributed by atoms with Crippen LogP contribution in [0.5, 0.6) is 0 Å². The first-order chi connectivity index (χ1) is 26.0. The summed E-state index contributed by atoms with van der Waals surface area (Å²) in [6, 6.07) is 54.8. The van der Waals surface area contributed by atoms with E-state index >= 15 is 0 Å². The zero-order chi connectivity index (χ0) is 35.9. The summed E-state index contributed by atoms with van der Waals surface area (Å²) >= 11 is 0. The number of benzene rings is 6. The van der Waals surface area contributed by atoms with Crippen molar-refractivity contribution in [2.24, 2.45) is 0 Å². The maximum absolute atomic E-state index is 5.20. The minimum Gasteiger partial charge on any atom is -0.253 e. The molecule has 5 nitrogen and oxygen atoms in total. The molecule has 9 aromatic rings. The molecule has 0 unspecified atom stereocenters. The first-order valence-corrected chi connectivity index (χ1v) is 17.8. The Labute approximate surface area is 308 Å². The molecule has 0 N–H and O–H groups in total. The number of nitrogens with zero attached hydrogens (tertiary/aromatic N) is 5. The van der Waals surface area contributed by atoms with Crippen molar-refractivity contribution in [3.05, 3.63) is 175 Å². The molecule has 252 valence electrons. The Morgan fingerprint density at radius 1 is 0.340 bits per heavy atom. The Morgan fingerprint density at radius 3 is 1.57 bits per heavy atom. The van der Waals surface area contributed by atoms with Crippen molar-refractivity contribution >= 4 is 21.5 Å². The lowest BCUT2D eigenvalue weighted by Gasteiger charge is -2.15. The van der Waals surface area contributed by atoms with E-state index in [9.17, 15) is 0 Å². The molecular formula is C48H35N5. The van der Waals surface area contributed by atoms with E-state index < -0.39 is 0 Å². The lowest BCUT2D eigenvalue weighted by atomic mass is 9.91. The van der Waals surface area contributed by atoms with Crippen molar-refractivity contribution in [1.29, 1.82) is 0 Å². The molecule has 6 aromatic carbocycles. The van der Waals surface area contributed by atoms with E-state index in [0.717, 1.165) is 61.7 Å². The second-order valence-corrected chi connectivity index (χ2v) is 13.5. The minimum absolute atomic E-state index is 0.596. The molecule has 0 aliphatic rings. The van der Waals surface area contributed by atoms with Gasteiger partial charge < -0.3 is 0 Å². The van der Waals surface area contributed by atoms with Gasteiger partial charge in [0.15, 0.2) is 17.5 Å².